The second-order valence-electron chi connectivity index (χ2n) is 4.45. The number of rotatable bonds is 5. The molecule has 1 unspecified atom stereocenters. The lowest BCUT2D eigenvalue weighted by Gasteiger charge is -2.27. The second-order valence-corrected chi connectivity index (χ2v) is 10.1. The Hall–Kier alpha value is 0.530. The summed E-state index contributed by atoms with van der Waals surface area (Å²) in [7, 11) is -3.43. The normalized spacial score (nSPS) is 20.3. The molecule has 108 valence electrons. The molecule has 1 aliphatic heterocycles. The van der Waals surface area contributed by atoms with E-state index >= 15 is 0 Å². The van der Waals surface area contributed by atoms with Crippen LogP contribution in [0.1, 0.15) is 19.8 Å². The molecule has 8 heteroatoms. The molecule has 1 aromatic rings. The van der Waals surface area contributed by atoms with Crippen LogP contribution in [0.15, 0.2) is 18.5 Å². The molecule has 1 saturated heterocycles. The Morgan fingerprint density at radius 1 is 1.53 bits per heavy atom. The molecule has 0 amide bonds. The van der Waals surface area contributed by atoms with Gasteiger partial charge in [-0.05, 0) is 57.3 Å². The minimum atomic E-state index is -3.43. The minimum Gasteiger partial charge on any atom is -0.315 e. The number of nitrogens with zero attached hydrogens (tertiary/aromatic N) is 1. The molecule has 4 nitrogen and oxygen atoms in total. The molecular formula is C11H16Br2N2O2S2. The monoisotopic (exact) mass is 430 g/mol. The predicted octanol–water partition coefficient (Wildman–Crippen LogP) is 3.04. The summed E-state index contributed by atoms with van der Waals surface area (Å²) in [6.45, 7) is 4.19. The molecule has 0 aliphatic carbocycles. The third-order valence-corrected chi connectivity index (χ3v) is 7.80. The quantitative estimate of drug-likeness (QED) is 0.779. The molecule has 1 aromatic heterocycles. The summed E-state index contributed by atoms with van der Waals surface area (Å²) in [5.74, 6) is 0. The molecular weight excluding hydrogens is 416 g/mol. The van der Waals surface area contributed by atoms with Gasteiger partial charge in [0, 0.05) is 19.1 Å². The van der Waals surface area contributed by atoms with Gasteiger partial charge in [-0.15, -0.1) is 11.3 Å². The number of nitrogens with one attached hydrogen (secondary N) is 1. The molecule has 19 heavy (non-hydrogen) atoms. The maximum absolute atomic E-state index is 12.8. The van der Waals surface area contributed by atoms with Gasteiger partial charge in [-0.1, -0.05) is 6.92 Å². The van der Waals surface area contributed by atoms with Gasteiger partial charge in [0.25, 0.3) is 0 Å². The summed E-state index contributed by atoms with van der Waals surface area (Å²) in [6, 6.07) is 1.74. The lowest BCUT2D eigenvalue weighted by atomic mass is 10.2. The van der Waals surface area contributed by atoms with Gasteiger partial charge in [0.15, 0.2) is 0 Å². The fourth-order valence-electron chi connectivity index (χ4n) is 2.23. The first-order chi connectivity index (χ1) is 8.96. The Morgan fingerprint density at radius 3 is 2.74 bits per heavy atom. The Labute approximate surface area is 134 Å². The van der Waals surface area contributed by atoms with Gasteiger partial charge in [0.05, 0.1) is 7.57 Å². The van der Waals surface area contributed by atoms with Crippen LogP contribution in [0.4, 0.5) is 0 Å². The molecule has 1 N–H and O–H groups in total. The average Bonchev–Trinajstić information content (AvgIpc) is 2.95. The van der Waals surface area contributed by atoms with E-state index in [1.807, 2.05) is 6.92 Å². The molecule has 0 bridgehead atoms. The first kappa shape index (κ1) is 15.9. The van der Waals surface area contributed by atoms with Crippen LogP contribution in [-0.4, -0.2) is 38.4 Å². The Kier molecular flexibility index (Phi) is 5.47. The SMILES string of the molecule is CCCN(C1CCNC1)S(=O)(=O)c1cc(Br)sc1Br. The van der Waals surface area contributed by atoms with Crippen molar-refractivity contribution in [2.24, 2.45) is 0 Å². The number of halogens is 2. The van der Waals surface area contributed by atoms with E-state index < -0.39 is 10.0 Å². The van der Waals surface area contributed by atoms with E-state index in [9.17, 15) is 8.42 Å². The standard InChI is InChI=1S/C11H16Br2N2O2S2/c1-2-5-15(8-3-4-14-7-8)19(16,17)9-6-10(12)18-11(9)13/h6,8,14H,2-5,7H2,1H3. The van der Waals surface area contributed by atoms with Crippen molar-refractivity contribution in [1.29, 1.82) is 0 Å². The van der Waals surface area contributed by atoms with Crippen molar-refractivity contribution in [1.82, 2.24) is 9.62 Å². The molecule has 2 rings (SSSR count). The lowest BCUT2D eigenvalue weighted by molar-refractivity contribution is 0.335. The largest absolute Gasteiger partial charge is 0.315 e. The van der Waals surface area contributed by atoms with Crippen molar-refractivity contribution in [3.05, 3.63) is 13.6 Å². The number of thiophene rings is 1. The molecule has 1 fully saturated rings. The minimum absolute atomic E-state index is 0.0653. The van der Waals surface area contributed by atoms with Crippen LogP contribution in [0, 0.1) is 0 Å². The van der Waals surface area contributed by atoms with Crippen LogP contribution in [0.2, 0.25) is 0 Å². The lowest BCUT2D eigenvalue weighted by Crippen LogP contribution is -2.41. The summed E-state index contributed by atoms with van der Waals surface area (Å²) in [4.78, 5) is 0.365. The van der Waals surface area contributed by atoms with Crippen LogP contribution in [0.5, 0.6) is 0 Å². The Balaban J connectivity index is 2.36. The van der Waals surface area contributed by atoms with Gasteiger partial charge in [0.2, 0.25) is 10.0 Å². The van der Waals surface area contributed by atoms with E-state index in [-0.39, 0.29) is 6.04 Å². The van der Waals surface area contributed by atoms with E-state index in [1.54, 1.807) is 10.4 Å². The highest BCUT2D eigenvalue weighted by atomic mass is 79.9. The summed E-state index contributed by atoms with van der Waals surface area (Å²) in [5.41, 5.74) is 0. The highest BCUT2D eigenvalue weighted by Gasteiger charge is 2.34. The molecule has 0 aromatic carbocycles. The summed E-state index contributed by atoms with van der Waals surface area (Å²) in [5, 5.41) is 3.23. The van der Waals surface area contributed by atoms with Crippen molar-refractivity contribution in [3.63, 3.8) is 0 Å². The van der Waals surface area contributed by atoms with Gasteiger partial charge >= 0.3 is 0 Å². The van der Waals surface area contributed by atoms with Crippen molar-refractivity contribution in [2.45, 2.75) is 30.7 Å². The third-order valence-electron chi connectivity index (χ3n) is 3.10. The van der Waals surface area contributed by atoms with E-state index in [0.717, 1.165) is 29.7 Å². The Bertz CT molecular complexity index is 539. The highest BCUT2D eigenvalue weighted by Crippen LogP contribution is 2.37. The molecule has 1 atom stereocenters. The zero-order valence-electron chi connectivity index (χ0n) is 10.5. The van der Waals surface area contributed by atoms with Gasteiger partial charge in [-0.3, -0.25) is 0 Å². The topological polar surface area (TPSA) is 49.4 Å². The van der Waals surface area contributed by atoms with Gasteiger partial charge < -0.3 is 5.32 Å². The van der Waals surface area contributed by atoms with Crippen molar-refractivity contribution in [2.75, 3.05) is 19.6 Å². The first-order valence-electron chi connectivity index (χ1n) is 6.14. The van der Waals surface area contributed by atoms with E-state index in [1.165, 1.54) is 11.3 Å². The van der Waals surface area contributed by atoms with E-state index in [2.05, 4.69) is 37.2 Å². The average molecular weight is 432 g/mol. The van der Waals surface area contributed by atoms with Crippen LogP contribution in [-0.2, 0) is 10.0 Å². The highest BCUT2D eigenvalue weighted by molar-refractivity contribution is 9.12. The molecule has 2 heterocycles. The zero-order chi connectivity index (χ0) is 14.0. The van der Waals surface area contributed by atoms with Crippen LogP contribution in [0.25, 0.3) is 0 Å². The van der Waals surface area contributed by atoms with Crippen LogP contribution >= 0.6 is 43.2 Å². The maximum Gasteiger partial charge on any atom is 0.245 e. The van der Waals surface area contributed by atoms with Crippen LogP contribution in [0.3, 0.4) is 0 Å². The second kappa shape index (κ2) is 6.53. The maximum atomic E-state index is 12.8. The van der Waals surface area contributed by atoms with E-state index in [4.69, 9.17) is 0 Å². The zero-order valence-corrected chi connectivity index (χ0v) is 15.3. The summed E-state index contributed by atoms with van der Waals surface area (Å²) < 4.78 is 28.7. The summed E-state index contributed by atoms with van der Waals surface area (Å²) in [6.07, 6.45) is 1.70. The Morgan fingerprint density at radius 2 is 2.26 bits per heavy atom. The molecule has 0 spiro atoms. The number of sulfonamides is 1. The third kappa shape index (κ3) is 3.41. The first-order valence-corrected chi connectivity index (χ1v) is 9.98. The molecule has 0 radical (unpaired) electrons. The van der Waals surface area contributed by atoms with Gasteiger partial charge in [-0.25, -0.2) is 8.42 Å². The smallest absolute Gasteiger partial charge is 0.245 e. The van der Waals surface area contributed by atoms with E-state index in [0.29, 0.717) is 15.2 Å². The van der Waals surface area contributed by atoms with Crippen molar-refractivity contribution in [3.8, 4) is 0 Å². The van der Waals surface area contributed by atoms with Gasteiger partial charge in [-0.2, -0.15) is 4.31 Å². The van der Waals surface area contributed by atoms with Gasteiger partial charge in [0.1, 0.15) is 4.90 Å². The predicted molar refractivity (Wildman–Crippen MR) is 85.2 cm³/mol. The fraction of sp³-hybridized carbons (Fsp3) is 0.636. The van der Waals surface area contributed by atoms with Crippen molar-refractivity contribution >= 4 is 53.2 Å². The van der Waals surface area contributed by atoms with Crippen LogP contribution < -0.4 is 5.32 Å². The van der Waals surface area contributed by atoms with Crippen molar-refractivity contribution < 1.29 is 8.42 Å². The summed E-state index contributed by atoms with van der Waals surface area (Å²) >= 11 is 8.07. The molecule has 1 aliphatic rings. The number of hydrogen-bond donors (Lipinski definition) is 1. The molecule has 0 saturated carbocycles. The fourth-order valence-corrected chi connectivity index (χ4v) is 7.74. The number of hydrogen-bond acceptors (Lipinski definition) is 4.